The number of fused-ring (bicyclic) bond motifs is 1. The molecular weight excluding hydrogens is 365 g/mol. The largest absolute Gasteiger partial charge is 0.465 e. The van der Waals surface area contributed by atoms with Crippen LogP contribution in [0.4, 0.5) is 10.1 Å². The summed E-state index contributed by atoms with van der Waals surface area (Å²) in [6.07, 6.45) is 0. The summed E-state index contributed by atoms with van der Waals surface area (Å²) in [5.74, 6) is -1.44. The molecule has 0 spiro atoms. The van der Waals surface area contributed by atoms with Gasteiger partial charge in [-0.05, 0) is 36.8 Å². The quantitative estimate of drug-likeness (QED) is 0.650. The first-order valence-electron chi connectivity index (χ1n) is 7.29. The number of aryl methyl sites for hydroxylation is 1. The minimum Gasteiger partial charge on any atom is -0.465 e. The Balaban J connectivity index is 1.97. The van der Waals surface area contributed by atoms with E-state index < -0.39 is 17.7 Å². The van der Waals surface area contributed by atoms with Gasteiger partial charge in [-0.2, -0.15) is 0 Å². The Bertz CT molecular complexity index is 999. The van der Waals surface area contributed by atoms with E-state index in [9.17, 15) is 14.0 Å². The molecule has 7 heteroatoms. The average Bonchev–Trinajstić information content (AvgIpc) is 2.94. The number of benzene rings is 2. The summed E-state index contributed by atoms with van der Waals surface area (Å²) >= 11 is 7.31. The molecule has 0 aliphatic rings. The van der Waals surface area contributed by atoms with Crippen LogP contribution in [-0.4, -0.2) is 19.0 Å². The van der Waals surface area contributed by atoms with E-state index in [-0.39, 0.29) is 15.3 Å². The Morgan fingerprint density at radius 2 is 2.00 bits per heavy atom. The van der Waals surface area contributed by atoms with Gasteiger partial charge in [-0.3, -0.25) is 4.79 Å². The lowest BCUT2D eigenvalue weighted by Gasteiger charge is -2.09. The number of anilines is 1. The van der Waals surface area contributed by atoms with E-state index in [1.54, 1.807) is 31.2 Å². The SMILES string of the molecule is COC(=O)c1ccc(C)c(NC(=O)c2sc3cccc(F)c3c2Cl)c1. The van der Waals surface area contributed by atoms with E-state index in [1.165, 1.54) is 19.2 Å². The summed E-state index contributed by atoms with van der Waals surface area (Å²) in [5.41, 5.74) is 1.54. The molecule has 1 N–H and O–H groups in total. The summed E-state index contributed by atoms with van der Waals surface area (Å²) < 4.78 is 19.2. The molecule has 0 saturated heterocycles. The van der Waals surface area contributed by atoms with E-state index in [0.717, 1.165) is 16.9 Å². The topological polar surface area (TPSA) is 55.4 Å². The number of rotatable bonds is 3. The molecule has 2 aromatic carbocycles. The fourth-order valence-corrected chi connectivity index (χ4v) is 3.85. The van der Waals surface area contributed by atoms with Gasteiger partial charge in [-0.15, -0.1) is 11.3 Å². The van der Waals surface area contributed by atoms with Crippen LogP contribution in [0, 0.1) is 12.7 Å². The van der Waals surface area contributed by atoms with Gasteiger partial charge in [0.25, 0.3) is 5.91 Å². The van der Waals surface area contributed by atoms with Crippen LogP contribution in [0.5, 0.6) is 0 Å². The smallest absolute Gasteiger partial charge is 0.337 e. The van der Waals surface area contributed by atoms with Crippen molar-refractivity contribution in [3.05, 3.63) is 63.2 Å². The van der Waals surface area contributed by atoms with Crippen molar-refractivity contribution in [1.82, 2.24) is 0 Å². The fourth-order valence-electron chi connectivity index (χ4n) is 2.40. The average molecular weight is 378 g/mol. The van der Waals surface area contributed by atoms with Crippen molar-refractivity contribution in [3.8, 4) is 0 Å². The molecule has 1 amide bonds. The van der Waals surface area contributed by atoms with Gasteiger partial charge in [0, 0.05) is 15.8 Å². The Labute approximate surface area is 152 Å². The molecule has 25 heavy (non-hydrogen) atoms. The van der Waals surface area contributed by atoms with E-state index in [2.05, 4.69) is 10.1 Å². The molecule has 0 aliphatic heterocycles. The van der Waals surface area contributed by atoms with Crippen LogP contribution in [0.3, 0.4) is 0 Å². The van der Waals surface area contributed by atoms with Crippen molar-refractivity contribution in [2.45, 2.75) is 6.92 Å². The first-order chi connectivity index (χ1) is 11.9. The zero-order valence-electron chi connectivity index (χ0n) is 13.4. The number of hydrogen-bond donors (Lipinski definition) is 1. The molecule has 1 aromatic heterocycles. The maximum atomic E-state index is 13.9. The number of nitrogens with one attached hydrogen (secondary N) is 1. The minimum absolute atomic E-state index is 0.0809. The number of amides is 1. The minimum atomic E-state index is -0.502. The van der Waals surface area contributed by atoms with Crippen LogP contribution in [0.25, 0.3) is 10.1 Å². The number of methoxy groups -OCH3 is 1. The van der Waals surface area contributed by atoms with Crippen LogP contribution < -0.4 is 5.32 Å². The van der Waals surface area contributed by atoms with E-state index in [1.807, 2.05) is 0 Å². The molecule has 3 rings (SSSR count). The van der Waals surface area contributed by atoms with Gasteiger partial charge < -0.3 is 10.1 Å². The summed E-state index contributed by atoms with van der Waals surface area (Å²) in [6, 6.07) is 9.41. The number of hydrogen-bond acceptors (Lipinski definition) is 4. The predicted octanol–water partition coefficient (Wildman–Crippen LogP) is 5.04. The molecule has 1 heterocycles. The van der Waals surface area contributed by atoms with Crippen molar-refractivity contribution in [3.63, 3.8) is 0 Å². The van der Waals surface area contributed by atoms with Gasteiger partial charge in [-0.1, -0.05) is 23.7 Å². The van der Waals surface area contributed by atoms with Crippen molar-refractivity contribution in [2.24, 2.45) is 0 Å². The number of halogens is 2. The molecule has 3 aromatic rings. The second-order valence-corrected chi connectivity index (χ2v) is 6.76. The van der Waals surface area contributed by atoms with Gasteiger partial charge >= 0.3 is 5.97 Å². The van der Waals surface area contributed by atoms with Crippen molar-refractivity contribution in [2.75, 3.05) is 12.4 Å². The first kappa shape index (κ1) is 17.4. The number of thiophene rings is 1. The van der Waals surface area contributed by atoms with Crippen molar-refractivity contribution >= 4 is 50.6 Å². The van der Waals surface area contributed by atoms with Crippen molar-refractivity contribution < 1.29 is 18.7 Å². The molecular formula is C18H13ClFNO3S. The molecule has 0 unspecified atom stereocenters. The summed E-state index contributed by atoms with van der Waals surface area (Å²) in [4.78, 5) is 24.5. The second-order valence-electron chi connectivity index (χ2n) is 5.33. The van der Waals surface area contributed by atoms with Gasteiger partial charge in [0.15, 0.2) is 0 Å². The Morgan fingerprint density at radius 3 is 2.68 bits per heavy atom. The molecule has 4 nitrogen and oxygen atoms in total. The summed E-state index contributed by atoms with van der Waals surface area (Å²) in [5, 5.41) is 3.04. The molecule has 0 fully saturated rings. The lowest BCUT2D eigenvalue weighted by Crippen LogP contribution is -2.12. The Kier molecular flexibility index (Phi) is 4.74. The third-order valence-corrected chi connectivity index (χ3v) is 5.36. The lowest BCUT2D eigenvalue weighted by atomic mass is 10.1. The standard InChI is InChI=1S/C18H13ClFNO3S/c1-9-6-7-10(18(23)24-2)8-12(9)21-17(22)16-15(19)14-11(20)4-3-5-13(14)25-16/h3-8H,1-2H3,(H,21,22). The zero-order valence-corrected chi connectivity index (χ0v) is 14.9. The lowest BCUT2D eigenvalue weighted by molar-refractivity contribution is 0.0600. The van der Waals surface area contributed by atoms with Crippen molar-refractivity contribution in [1.29, 1.82) is 0 Å². The third-order valence-electron chi connectivity index (χ3n) is 3.72. The number of carbonyl (C=O) groups excluding carboxylic acids is 2. The molecule has 0 aliphatic carbocycles. The number of ether oxygens (including phenoxy) is 1. The number of carbonyl (C=O) groups is 2. The summed E-state index contributed by atoms with van der Waals surface area (Å²) in [6.45, 7) is 1.79. The highest BCUT2D eigenvalue weighted by atomic mass is 35.5. The normalized spacial score (nSPS) is 10.7. The van der Waals surface area contributed by atoms with Crippen LogP contribution in [0.1, 0.15) is 25.6 Å². The Morgan fingerprint density at radius 1 is 1.24 bits per heavy atom. The highest BCUT2D eigenvalue weighted by Gasteiger charge is 2.20. The van der Waals surface area contributed by atoms with Gasteiger partial charge in [0.1, 0.15) is 10.7 Å². The van der Waals surface area contributed by atoms with Gasteiger partial charge in [-0.25, -0.2) is 9.18 Å². The van der Waals surface area contributed by atoms with E-state index in [0.29, 0.717) is 16.0 Å². The van der Waals surface area contributed by atoms with Crippen LogP contribution in [0.2, 0.25) is 5.02 Å². The maximum absolute atomic E-state index is 13.9. The molecule has 0 saturated carbocycles. The summed E-state index contributed by atoms with van der Waals surface area (Å²) in [7, 11) is 1.28. The molecule has 0 radical (unpaired) electrons. The van der Waals surface area contributed by atoms with Crippen LogP contribution >= 0.6 is 22.9 Å². The molecule has 0 atom stereocenters. The predicted molar refractivity (Wildman–Crippen MR) is 97.3 cm³/mol. The van der Waals surface area contributed by atoms with E-state index >= 15 is 0 Å². The molecule has 0 bridgehead atoms. The van der Waals surface area contributed by atoms with E-state index in [4.69, 9.17) is 11.6 Å². The van der Waals surface area contributed by atoms with Crippen LogP contribution in [-0.2, 0) is 4.74 Å². The highest BCUT2D eigenvalue weighted by Crippen LogP contribution is 2.37. The van der Waals surface area contributed by atoms with Gasteiger partial charge in [0.05, 0.1) is 17.7 Å². The number of esters is 1. The first-order valence-corrected chi connectivity index (χ1v) is 8.48. The molecule has 128 valence electrons. The highest BCUT2D eigenvalue weighted by molar-refractivity contribution is 7.21. The van der Waals surface area contributed by atoms with Crippen LogP contribution in [0.15, 0.2) is 36.4 Å². The third kappa shape index (κ3) is 3.23. The maximum Gasteiger partial charge on any atom is 0.337 e. The van der Waals surface area contributed by atoms with Gasteiger partial charge in [0.2, 0.25) is 0 Å². The fraction of sp³-hybridized carbons (Fsp3) is 0.111. The monoisotopic (exact) mass is 377 g/mol. The Hall–Kier alpha value is -2.44. The second kappa shape index (κ2) is 6.82. The zero-order chi connectivity index (χ0) is 18.1.